The molecule has 0 aliphatic carbocycles. The first-order chi connectivity index (χ1) is 12.0. The van der Waals surface area contributed by atoms with Crippen LogP contribution in [0.3, 0.4) is 0 Å². The summed E-state index contributed by atoms with van der Waals surface area (Å²) in [5, 5.41) is 4.05. The molecule has 3 rings (SSSR count). The Balaban J connectivity index is 1.84. The van der Waals surface area contributed by atoms with E-state index in [9.17, 15) is 4.79 Å². The Kier molecular flexibility index (Phi) is 5.25. The van der Waals surface area contributed by atoms with Crippen LogP contribution in [-0.2, 0) is 4.79 Å². The lowest BCUT2D eigenvalue weighted by atomic mass is 9.96. The van der Waals surface area contributed by atoms with Crippen LogP contribution < -0.4 is 10.2 Å². The number of nitrogens with one attached hydrogen (secondary N) is 1. The number of rotatable bonds is 5. The van der Waals surface area contributed by atoms with E-state index in [4.69, 9.17) is 9.40 Å². The lowest BCUT2D eigenvalue weighted by Gasteiger charge is -2.33. The number of fused-ring (bicyclic) bond motifs is 1. The van der Waals surface area contributed by atoms with Crippen LogP contribution in [0.1, 0.15) is 49.8 Å². The van der Waals surface area contributed by atoms with E-state index in [1.54, 1.807) is 0 Å². The van der Waals surface area contributed by atoms with Crippen molar-refractivity contribution in [2.45, 2.75) is 53.4 Å². The van der Waals surface area contributed by atoms with Crippen molar-refractivity contribution in [2.75, 3.05) is 24.5 Å². The molecule has 0 bridgehead atoms. The molecule has 3 heterocycles. The van der Waals surface area contributed by atoms with Crippen LogP contribution in [0.5, 0.6) is 0 Å². The Morgan fingerprint density at radius 1 is 1.32 bits per heavy atom. The summed E-state index contributed by atoms with van der Waals surface area (Å²) in [6.45, 7) is 10.4. The molecule has 1 aliphatic rings. The highest BCUT2D eigenvalue weighted by Crippen LogP contribution is 2.33. The van der Waals surface area contributed by atoms with Gasteiger partial charge in [-0.3, -0.25) is 4.79 Å². The number of anilines is 1. The Morgan fingerprint density at radius 3 is 2.88 bits per heavy atom. The van der Waals surface area contributed by atoms with Crippen LogP contribution in [0.25, 0.3) is 11.1 Å². The molecule has 6 heteroatoms. The van der Waals surface area contributed by atoms with E-state index < -0.39 is 0 Å². The quantitative estimate of drug-likeness (QED) is 0.843. The van der Waals surface area contributed by atoms with Crippen LogP contribution in [0, 0.1) is 26.7 Å². The molecule has 1 fully saturated rings. The molecule has 1 unspecified atom stereocenters. The lowest BCUT2D eigenvalue weighted by Crippen LogP contribution is -2.43. The Hall–Kier alpha value is -2.11. The molecule has 1 aliphatic heterocycles. The minimum atomic E-state index is 0.0178. The zero-order valence-corrected chi connectivity index (χ0v) is 15.7. The third kappa shape index (κ3) is 3.62. The average molecular weight is 344 g/mol. The standard InChI is InChI=1S/C19H28N4O2/c1-5-6-9-20-18(24)15-8-7-10-23(11-15)17-16-12(2)13(3)25-19(16)22-14(4)21-17/h15H,5-11H2,1-4H3,(H,20,24). The van der Waals surface area contributed by atoms with Crippen LogP contribution in [0.2, 0.25) is 0 Å². The lowest BCUT2D eigenvalue weighted by molar-refractivity contribution is -0.125. The van der Waals surface area contributed by atoms with Gasteiger partial charge in [0.1, 0.15) is 17.4 Å². The number of hydrogen-bond donors (Lipinski definition) is 1. The van der Waals surface area contributed by atoms with Gasteiger partial charge in [0.2, 0.25) is 11.6 Å². The molecule has 6 nitrogen and oxygen atoms in total. The van der Waals surface area contributed by atoms with E-state index in [1.165, 1.54) is 0 Å². The zero-order chi connectivity index (χ0) is 18.0. The number of hydrogen-bond acceptors (Lipinski definition) is 5. The summed E-state index contributed by atoms with van der Waals surface area (Å²) in [6, 6.07) is 0. The van der Waals surface area contributed by atoms with Gasteiger partial charge in [0.25, 0.3) is 0 Å². The molecule has 1 saturated heterocycles. The van der Waals surface area contributed by atoms with Crippen molar-refractivity contribution in [1.29, 1.82) is 0 Å². The predicted octanol–water partition coefficient (Wildman–Crippen LogP) is 3.28. The molecule has 0 radical (unpaired) electrons. The van der Waals surface area contributed by atoms with Gasteiger partial charge in [0.05, 0.1) is 11.3 Å². The first kappa shape index (κ1) is 17.7. The fraction of sp³-hybridized carbons (Fsp3) is 0.632. The predicted molar refractivity (Wildman–Crippen MR) is 98.9 cm³/mol. The van der Waals surface area contributed by atoms with E-state index in [-0.39, 0.29) is 11.8 Å². The summed E-state index contributed by atoms with van der Waals surface area (Å²) >= 11 is 0. The molecule has 1 atom stereocenters. The second kappa shape index (κ2) is 7.42. The number of carbonyl (C=O) groups is 1. The number of furan rings is 1. The molecule has 1 amide bonds. The van der Waals surface area contributed by atoms with Crippen molar-refractivity contribution in [1.82, 2.24) is 15.3 Å². The van der Waals surface area contributed by atoms with E-state index in [0.717, 1.165) is 61.3 Å². The minimum absolute atomic E-state index is 0.0178. The van der Waals surface area contributed by atoms with E-state index in [1.807, 2.05) is 20.8 Å². The number of piperidine rings is 1. The summed E-state index contributed by atoms with van der Waals surface area (Å²) in [6.07, 6.45) is 4.05. The van der Waals surface area contributed by atoms with Gasteiger partial charge >= 0.3 is 0 Å². The van der Waals surface area contributed by atoms with Crippen LogP contribution in [0.4, 0.5) is 5.82 Å². The molecule has 0 aromatic carbocycles. The number of aryl methyl sites for hydroxylation is 3. The first-order valence-electron chi connectivity index (χ1n) is 9.28. The van der Waals surface area contributed by atoms with Gasteiger partial charge in [-0.05, 0) is 40.0 Å². The van der Waals surface area contributed by atoms with Gasteiger partial charge in [-0.2, -0.15) is 4.98 Å². The fourth-order valence-electron chi connectivity index (χ4n) is 3.48. The highest BCUT2D eigenvalue weighted by Gasteiger charge is 2.28. The van der Waals surface area contributed by atoms with Crippen LogP contribution in [0.15, 0.2) is 4.42 Å². The smallest absolute Gasteiger partial charge is 0.231 e. The SMILES string of the molecule is CCCCNC(=O)C1CCCN(c2nc(C)nc3oc(C)c(C)c23)C1. The van der Waals surface area contributed by atoms with Gasteiger partial charge in [-0.1, -0.05) is 13.3 Å². The van der Waals surface area contributed by atoms with Crippen molar-refractivity contribution in [3.05, 3.63) is 17.1 Å². The molecule has 0 spiro atoms. The van der Waals surface area contributed by atoms with Crippen molar-refractivity contribution in [2.24, 2.45) is 5.92 Å². The molecule has 136 valence electrons. The maximum absolute atomic E-state index is 12.5. The summed E-state index contributed by atoms with van der Waals surface area (Å²) in [4.78, 5) is 23.8. The maximum Gasteiger partial charge on any atom is 0.231 e. The van der Waals surface area contributed by atoms with E-state index >= 15 is 0 Å². The molecule has 2 aromatic rings. The van der Waals surface area contributed by atoms with Crippen molar-refractivity contribution in [3.8, 4) is 0 Å². The molecule has 2 aromatic heterocycles. The Labute approximate surface area is 149 Å². The number of aromatic nitrogens is 2. The number of carbonyl (C=O) groups excluding carboxylic acids is 1. The van der Waals surface area contributed by atoms with Crippen molar-refractivity contribution >= 4 is 22.8 Å². The second-order valence-corrected chi connectivity index (χ2v) is 6.99. The Morgan fingerprint density at radius 2 is 2.12 bits per heavy atom. The molecule has 25 heavy (non-hydrogen) atoms. The van der Waals surface area contributed by atoms with Crippen molar-refractivity contribution < 1.29 is 9.21 Å². The van der Waals surface area contributed by atoms with Gasteiger partial charge in [0.15, 0.2) is 0 Å². The summed E-state index contributed by atoms with van der Waals surface area (Å²) in [5.41, 5.74) is 1.73. The zero-order valence-electron chi connectivity index (χ0n) is 15.7. The number of nitrogens with zero attached hydrogens (tertiary/aromatic N) is 3. The fourth-order valence-corrected chi connectivity index (χ4v) is 3.48. The van der Waals surface area contributed by atoms with Gasteiger partial charge in [-0.15, -0.1) is 0 Å². The third-order valence-corrected chi connectivity index (χ3v) is 5.04. The minimum Gasteiger partial charge on any atom is -0.443 e. The van der Waals surface area contributed by atoms with Gasteiger partial charge < -0.3 is 14.6 Å². The second-order valence-electron chi connectivity index (χ2n) is 6.99. The largest absolute Gasteiger partial charge is 0.443 e. The molecule has 0 saturated carbocycles. The highest BCUT2D eigenvalue weighted by atomic mass is 16.3. The van der Waals surface area contributed by atoms with E-state index in [0.29, 0.717) is 18.1 Å². The average Bonchev–Trinajstić information content (AvgIpc) is 2.88. The van der Waals surface area contributed by atoms with Crippen LogP contribution in [-0.4, -0.2) is 35.5 Å². The highest BCUT2D eigenvalue weighted by molar-refractivity contribution is 5.90. The first-order valence-corrected chi connectivity index (χ1v) is 9.28. The molecular weight excluding hydrogens is 316 g/mol. The molecular formula is C19H28N4O2. The molecule has 1 N–H and O–H groups in total. The Bertz CT molecular complexity index is 768. The van der Waals surface area contributed by atoms with Gasteiger partial charge in [0, 0.05) is 25.2 Å². The summed E-state index contributed by atoms with van der Waals surface area (Å²) in [5.74, 6) is 2.67. The summed E-state index contributed by atoms with van der Waals surface area (Å²) < 4.78 is 5.79. The topological polar surface area (TPSA) is 71.3 Å². The van der Waals surface area contributed by atoms with Crippen LogP contribution >= 0.6 is 0 Å². The summed E-state index contributed by atoms with van der Waals surface area (Å²) in [7, 11) is 0. The normalized spacial score (nSPS) is 17.9. The number of unbranched alkanes of at least 4 members (excludes halogenated alkanes) is 1. The number of amides is 1. The van der Waals surface area contributed by atoms with Crippen molar-refractivity contribution in [3.63, 3.8) is 0 Å². The van der Waals surface area contributed by atoms with Gasteiger partial charge in [-0.25, -0.2) is 4.98 Å². The monoisotopic (exact) mass is 344 g/mol. The van der Waals surface area contributed by atoms with E-state index in [2.05, 4.69) is 22.1 Å². The third-order valence-electron chi connectivity index (χ3n) is 5.04. The maximum atomic E-state index is 12.5.